The zero-order valence-corrected chi connectivity index (χ0v) is 21.7. The predicted molar refractivity (Wildman–Crippen MR) is 141 cm³/mol. The average molecular weight is 483 g/mol. The van der Waals surface area contributed by atoms with Gasteiger partial charge in [0.1, 0.15) is 6.04 Å². The first-order valence-corrected chi connectivity index (χ1v) is 14.1. The standard InChI is InChI=1S/C29H46N4O2/c1-22(34)33-19-17-27(20-28(33)29(35)31-26-14-12-25(30)13-15-26)32(21-24-10-6-3-7-11-24)18-16-23-8-4-2-5-9-23/h2,4-5,8-9,24-28H,3,6-7,10-21,30H2,1H3,(H,31,35)/t25?,26?,27?,28-/m1/s1. The van der Waals surface area contributed by atoms with Crippen LogP contribution in [0, 0.1) is 5.92 Å². The molecule has 35 heavy (non-hydrogen) atoms. The van der Waals surface area contributed by atoms with Crippen LogP contribution in [0.4, 0.5) is 0 Å². The molecule has 0 spiro atoms. The summed E-state index contributed by atoms with van der Waals surface area (Å²) in [6.45, 7) is 4.40. The minimum Gasteiger partial charge on any atom is -0.352 e. The van der Waals surface area contributed by atoms with Crippen LogP contribution in [0.15, 0.2) is 30.3 Å². The van der Waals surface area contributed by atoms with E-state index in [-0.39, 0.29) is 29.9 Å². The monoisotopic (exact) mass is 482 g/mol. The molecule has 1 unspecified atom stereocenters. The Morgan fingerprint density at radius 1 is 1.00 bits per heavy atom. The van der Waals surface area contributed by atoms with Crippen molar-refractivity contribution >= 4 is 11.8 Å². The summed E-state index contributed by atoms with van der Waals surface area (Å²) in [6.07, 6.45) is 13.2. The highest BCUT2D eigenvalue weighted by atomic mass is 16.2. The number of rotatable bonds is 8. The van der Waals surface area contributed by atoms with E-state index in [0.717, 1.165) is 64.0 Å². The van der Waals surface area contributed by atoms with Crippen molar-refractivity contribution in [2.75, 3.05) is 19.6 Å². The molecule has 1 aromatic carbocycles. The summed E-state index contributed by atoms with van der Waals surface area (Å²) in [5.74, 6) is 0.799. The molecule has 3 N–H and O–H groups in total. The van der Waals surface area contributed by atoms with Crippen LogP contribution in [0.5, 0.6) is 0 Å². The van der Waals surface area contributed by atoms with Gasteiger partial charge in [0.25, 0.3) is 0 Å². The fourth-order valence-electron chi connectivity index (χ4n) is 6.51. The Kier molecular flexibility index (Phi) is 9.61. The number of piperidine rings is 1. The van der Waals surface area contributed by atoms with Gasteiger partial charge in [-0.3, -0.25) is 14.5 Å². The van der Waals surface area contributed by atoms with Crippen molar-refractivity contribution in [1.29, 1.82) is 0 Å². The maximum atomic E-state index is 13.4. The first-order chi connectivity index (χ1) is 17.0. The molecule has 2 aliphatic carbocycles. The fourth-order valence-corrected chi connectivity index (χ4v) is 6.51. The molecule has 6 nitrogen and oxygen atoms in total. The normalized spacial score (nSPS) is 28.1. The summed E-state index contributed by atoms with van der Waals surface area (Å²) in [4.78, 5) is 30.4. The molecule has 2 atom stereocenters. The van der Waals surface area contributed by atoms with Crippen molar-refractivity contribution in [3.63, 3.8) is 0 Å². The lowest BCUT2D eigenvalue weighted by Gasteiger charge is -2.44. The van der Waals surface area contributed by atoms with Gasteiger partial charge in [0.15, 0.2) is 0 Å². The van der Waals surface area contributed by atoms with Crippen molar-refractivity contribution in [1.82, 2.24) is 15.1 Å². The Morgan fingerprint density at radius 3 is 2.40 bits per heavy atom. The molecule has 194 valence electrons. The lowest BCUT2D eigenvalue weighted by molar-refractivity contribution is -0.142. The Morgan fingerprint density at radius 2 is 1.71 bits per heavy atom. The highest BCUT2D eigenvalue weighted by Gasteiger charge is 2.38. The highest BCUT2D eigenvalue weighted by Crippen LogP contribution is 2.29. The number of carbonyl (C=O) groups is 2. The van der Waals surface area contributed by atoms with E-state index in [1.54, 1.807) is 6.92 Å². The number of nitrogens with two attached hydrogens (primary N) is 1. The molecule has 0 radical (unpaired) electrons. The second kappa shape index (κ2) is 12.9. The van der Waals surface area contributed by atoms with Crippen LogP contribution in [0.1, 0.15) is 83.1 Å². The summed E-state index contributed by atoms with van der Waals surface area (Å²) in [5.41, 5.74) is 7.43. The van der Waals surface area contributed by atoms with Crippen LogP contribution in [-0.4, -0.2) is 65.4 Å². The summed E-state index contributed by atoms with van der Waals surface area (Å²) < 4.78 is 0. The lowest BCUT2D eigenvalue weighted by atomic mass is 9.87. The van der Waals surface area contributed by atoms with E-state index in [1.807, 2.05) is 4.90 Å². The zero-order chi connectivity index (χ0) is 24.6. The van der Waals surface area contributed by atoms with Gasteiger partial charge in [0, 0.05) is 44.7 Å². The van der Waals surface area contributed by atoms with Gasteiger partial charge in [-0.2, -0.15) is 0 Å². The largest absolute Gasteiger partial charge is 0.352 e. The molecule has 2 saturated carbocycles. The van der Waals surface area contributed by atoms with Crippen molar-refractivity contribution in [2.24, 2.45) is 11.7 Å². The molecule has 6 heteroatoms. The van der Waals surface area contributed by atoms with Crippen LogP contribution in [-0.2, 0) is 16.0 Å². The third-order valence-electron chi connectivity index (χ3n) is 8.66. The van der Waals surface area contributed by atoms with Gasteiger partial charge < -0.3 is 16.0 Å². The van der Waals surface area contributed by atoms with Crippen LogP contribution in [0.3, 0.4) is 0 Å². The summed E-state index contributed by atoms with van der Waals surface area (Å²) in [7, 11) is 0. The molecule has 1 aromatic rings. The van der Waals surface area contributed by atoms with Crippen molar-refractivity contribution in [3.05, 3.63) is 35.9 Å². The van der Waals surface area contributed by atoms with E-state index in [1.165, 1.54) is 37.7 Å². The Balaban J connectivity index is 1.44. The number of carbonyl (C=O) groups excluding carboxylic acids is 2. The third kappa shape index (κ3) is 7.53. The number of nitrogens with zero attached hydrogens (tertiary/aromatic N) is 2. The molecule has 2 amide bonds. The summed E-state index contributed by atoms with van der Waals surface area (Å²) >= 11 is 0. The Labute approximate surface area is 212 Å². The topological polar surface area (TPSA) is 78.7 Å². The van der Waals surface area contributed by atoms with Crippen LogP contribution >= 0.6 is 0 Å². The number of hydrogen-bond donors (Lipinski definition) is 2. The summed E-state index contributed by atoms with van der Waals surface area (Å²) in [5, 5.41) is 3.29. The molecule has 3 aliphatic rings. The van der Waals surface area contributed by atoms with Gasteiger partial charge in [0.2, 0.25) is 11.8 Å². The van der Waals surface area contributed by atoms with Gasteiger partial charge in [0.05, 0.1) is 0 Å². The van der Waals surface area contributed by atoms with E-state index in [0.29, 0.717) is 12.6 Å². The van der Waals surface area contributed by atoms with Crippen LogP contribution in [0.25, 0.3) is 0 Å². The maximum Gasteiger partial charge on any atom is 0.243 e. The molecule has 0 aromatic heterocycles. The first-order valence-electron chi connectivity index (χ1n) is 14.1. The van der Waals surface area contributed by atoms with E-state index in [9.17, 15) is 9.59 Å². The summed E-state index contributed by atoms with van der Waals surface area (Å²) in [6, 6.07) is 11.1. The van der Waals surface area contributed by atoms with Gasteiger partial charge in [-0.15, -0.1) is 0 Å². The molecule has 3 fully saturated rings. The molecule has 1 heterocycles. The van der Waals surface area contributed by atoms with Gasteiger partial charge in [-0.05, 0) is 69.3 Å². The average Bonchev–Trinajstić information content (AvgIpc) is 2.88. The smallest absolute Gasteiger partial charge is 0.243 e. The maximum absolute atomic E-state index is 13.4. The van der Waals surface area contributed by atoms with Crippen LogP contribution < -0.4 is 11.1 Å². The minimum absolute atomic E-state index is 0.0115. The Hall–Kier alpha value is -1.92. The second-order valence-electron chi connectivity index (χ2n) is 11.3. The molecule has 0 bridgehead atoms. The molecule has 4 rings (SSSR count). The first kappa shape index (κ1) is 26.2. The quantitative estimate of drug-likeness (QED) is 0.589. The Bertz CT molecular complexity index is 802. The number of benzene rings is 1. The molecule has 1 saturated heterocycles. The highest BCUT2D eigenvalue weighted by molar-refractivity contribution is 5.87. The SMILES string of the molecule is CC(=O)N1CCC(N(CCc2ccccc2)CC2CCCCC2)C[C@@H]1C(=O)NC1CCC(N)CC1. The van der Waals surface area contributed by atoms with E-state index >= 15 is 0 Å². The van der Waals surface area contributed by atoms with Crippen molar-refractivity contribution < 1.29 is 9.59 Å². The minimum atomic E-state index is -0.368. The number of amides is 2. The van der Waals surface area contributed by atoms with Crippen molar-refractivity contribution in [2.45, 2.75) is 108 Å². The second-order valence-corrected chi connectivity index (χ2v) is 11.3. The molecular formula is C29H46N4O2. The fraction of sp³-hybridized carbons (Fsp3) is 0.724. The predicted octanol–water partition coefficient (Wildman–Crippen LogP) is 3.88. The number of hydrogen-bond acceptors (Lipinski definition) is 4. The molecule has 1 aliphatic heterocycles. The third-order valence-corrected chi connectivity index (χ3v) is 8.66. The van der Waals surface area contributed by atoms with E-state index in [2.05, 4.69) is 40.5 Å². The van der Waals surface area contributed by atoms with Gasteiger partial charge >= 0.3 is 0 Å². The zero-order valence-electron chi connectivity index (χ0n) is 21.7. The van der Waals surface area contributed by atoms with Crippen molar-refractivity contribution in [3.8, 4) is 0 Å². The van der Waals surface area contributed by atoms with Gasteiger partial charge in [-0.25, -0.2) is 0 Å². The molecular weight excluding hydrogens is 436 g/mol. The number of likely N-dealkylation sites (tertiary alicyclic amines) is 1. The lowest BCUT2D eigenvalue weighted by Crippen LogP contribution is -2.58. The number of nitrogens with one attached hydrogen (secondary N) is 1. The van der Waals surface area contributed by atoms with E-state index < -0.39 is 0 Å². The van der Waals surface area contributed by atoms with Gasteiger partial charge in [-0.1, -0.05) is 49.6 Å². The van der Waals surface area contributed by atoms with Crippen LogP contribution in [0.2, 0.25) is 0 Å². The van der Waals surface area contributed by atoms with E-state index in [4.69, 9.17) is 5.73 Å².